The van der Waals surface area contributed by atoms with Crippen molar-refractivity contribution in [3.05, 3.63) is 34.6 Å². The van der Waals surface area contributed by atoms with E-state index in [1.807, 2.05) is 20.8 Å². The number of rotatable bonds is 5. The molecule has 1 atom stereocenters. The number of Topliss-reactive ketones (excluding diaryl/α,β-unsaturated/α-hetero) is 2. The molecule has 104 valence electrons. The number of carbonyl (C=O) groups excluding carboxylic acids is 2. The predicted octanol–water partition coefficient (Wildman–Crippen LogP) is 4.38. The average molecular weight is 264 g/mol. The highest BCUT2D eigenvalue weighted by Gasteiger charge is 2.22. The standard InChI is InChI=1S/C16H21FO2/c1-6-10(4)16(19)14-8-15(17)12(9(2)3)7-13(14)11(5)18/h7-10H,6H2,1-5H3. The summed E-state index contributed by atoms with van der Waals surface area (Å²) >= 11 is 0. The van der Waals surface area contributed by atoms with E-state index in [1.165, 1.54) is 19.1 Å². The third kappa shape index (κ3) is 3.28. The number of benzene rings is 1. The minimum absolute atomic E-state index is 0.0224. The molecule has 0 radical (unpaired) electrons. The van der Waals surface area contributed by atoms with Crippen LogP contribution in [0.25, 0.3) is 0 Å². The molecular formula is C16H21FO2. The van der Waals surface area contributed by atoms with Crippen LogP contribution in [0.15, 0.2) is 12.1 Å². The monoisotopic (exact) mass is 264 g/mol. The maximum atomic E-state index is 14.0. The molecule has 1 aromatic carbocycles. The Kier molecular flexibility index (Phi) is 4.98. The second-order valence-electron chi connectivity index (χ2n) is 5.30. The summed E-state index contributed by atoms with van der Waals surface area (Å²) in [6, 6.07) is 2.75. The number of hydrogen-bond acceptors (Lipinski definition) is 2. The van der Waals surface area contributed by atoms with Crippen LogP contribution in [0.1, 0.15) is 73.2 Å². The lowest BCUT2D eigenvalue weighted by Gasteiger charge is -2.15. The van der Waals surface area contributed by atoms with Gasteiger partial charge in [-0.25, -0.2) is 4.39 Å². The van der Waals surface area contributed by atoms with Crippen LogP contribution in [0.5, 0.6) is 0 Å². The van der Waals surface area contributed by atoms with Crippen molar-refractivity contribution in [2.75, 3.05) is 0 Å². The van der Waals surface area contributed by atoms with E-state index in [-0.39, 0.29) is 29.0 Å². The molecule has 0 heterocycles. The van der Waals surface area contributed by atoms with Crippen molar-refractivity contribution in [3.63, 3.8) is 0 Å². The Labute approximate surface area is 114 Å². The fourth-order valence-corrected chi connectivity index (χ4v) is 1.98. The molecule has 1 unspecified atom stereocenters. The summed E-state index contributed by atoms with van der Waals surface area (Å²) < 4.78 is 14.0. The molecule has 0 aromatic heterocycles. The summed E-state index contributed by atoms with van der Waals surface area (Å²) in [6.07, 6.45) is 0.670. The van der Waals surface area contributed by atoms with Crippen LogP contribution < -0.4 is 0 Å². The van der Waals surface area contributed by atoms with Crippen LogP contribution in [0.3, 0.4) is 0 Å². The molecular weight excluding hydrogens is 243 g/mol. The van der Waals surface area contributed by atoms with Gasteiger partial charge in [0, 0.05) is 17.0 Å². The molecule has 19 heavy (non-hydrogen) atoms. The van der Waals surface area contributed by atoms with Crippen LogP contribution in [0, 0.1) is 11.7 Å². The second kappa shape index (κ2) is 6.09. The van der Waals surface area contributed by atoms with Crippen molar-refractivity contribution in [2.24, 2.45) is 5.92 Å². The summed E-state index contributed by atoms with van der Waals surface area (Å²) in [7, 11) is 0. The molecule has 0 amide bonds. The van der Waals surface area contributed by atoms with Crippen LogP contribution in [0.2, 0.25) is 0 Å². The van der Waals surface area contributed by atoms with E-state index in [1.54, 1.807) is 6.92 Å². The predicted molar refractivity (Wildman–Crippen MR) is 74.3 cm³/mol. The van der Waals surface area contributed by atoms with Gasteiger partial charge in [-0.1, -0.05) is 27.7 Å². The smallest absolute Gasteiger partial charge is 0.166 e. The first-order chi connectivity index (χ1) is 8.79. The van der Waals surface area contributed by atoms with Crippen LogP contribution in [-0.2, 0) is 0 Å². The Balaban J connectivity index is 3.43. The third-order valence-corrected chi connectivity index (χ3v) is 3.46. The topological polar surface area (TPSA) is 34.1 Å². The summed E-state index contributed by atoms with van der Waals surface area (Å²) in [5, 5.41) is 0. The largest absolute Gasteiger partial charge is 0.294 e. The molecule has 0 saturated heterocycles. The highest BCUT2D eigenvalue weighted by molar-refractivity contribution is 6.08. The number of halogens is 1. The maximum Gasteiger partial charge on any atom is 0.166 e. The van der Waals surface area contributed by atoms with E-state index in [9.17, 15) is 14.0 Å². The number of hydrogen-bond donors (Lipinski definition) is 0. The molecule has 0 aliphatic heterocycles. The van der Waals surface area contributed by atoms with Crippen molar-refractivity contribution in [1.82, 2.24) is 0 Å². The first-order valence-corrected chi connectivity index (χ1v) is 6.68. The molecule has 0 aliphatic carbocycles. The Bertz CT molecular complexity index is 504. The van der Waals surface area contributed by atoms with Crippen LogP contribution in [-0.4, -0.2) is 11.6 Å². The fourth-order valence-electron chi connectivity index (χ4n) is 1.98. The Morgan fingerprint density at radius 3 is 2.16 bits per heavy atom. The van der Waals surface area contributed by atoms with E-state index >= 15 is 0 Å². The summed E-state index contributed by atoms with van der Waals surface area (Å²) in [5.41, 5.74) is 1.02. The van der Waals surface area contributed by atoms with E-state index in [2.05, 4.69) is 0 Å². The maximum absolute atomic E-state index is 14.0. The van der Waals surface area contributed by atoms with E-state index in [0.29, 0.717) is 17.5 Å². The van der Waals surface area contributed by atoms with Gasteiger partial charge in [0.25, 0.3) is 0 Å². The lowest BCUT2D eigenvalue weighted by molar-refractivity contribution is 0.0915. The summed E-state index contributed by atoms with van der Waals surface area (Å²) in [6.45, 7) is 8.82. The molecule has 0 bridgehead atoms. The van der Waals surface area contributed by atoms with Gasteiger partial charge in [0.1, 0.15) is 5.82 Å². The quantitative estimate of drug-likeness (QED) is 0.739. The molecule has 0 N–H and O–H groups in total. The van der Waals surface area contributed by atoms with Crippen LogP contribution in [0.4, 0.5) is 4.39 Å². The average Bonchev–Trinajstić information content (AvgIpc) is 2.35. The van der Waals surface area contributed by atoms with Gasteiger partial charge in [-0.05, 0) is 37.0 Å². The molecule has 0 spiro atoms. The summed E-state index contributed by atoms with van der Waals surface area (Å²) in [4.78, 5) is 23.9. The highest BCUT2D eigenvalue weighted by Crippen LogP contribution is 2.25. The van der Waals surface area contributed by atoms with Gasteiger partial charge in [-0.15, -0.1) is 0 Å². The van der Waals surface area contributed by atoms with Gasteiger partial charge < -0.3 is 0 Å². The normalized spacial score (nSPS) is 12.6. The van der Waals surface area contributed by atoms with E-state index < -0.39 is 5.82 Å². The van der Waals surface area contributed by atoms with Gasteiger partial charge in [0.2, 0.25) is 0 Å². The lowest BCUT2D eigenvalue weighted by Crippen LogP contribution is -2.16. The molecule has 1 rings (SSSR count). The molecule has 1 aromatic rings. The second-order valence-corrected chi connectivity index (χ2v) is 5.30. The Morgan fingerprint density at radius 2 is 1.74 bits per heavy atom. The highest BCUT2D eigenvalue weighted by atomic mass is 19.1. The van der Waals surface area contributed by atoms with Gasteiger partial charge >= 0.3 is 0 Å². The molecule has 0 saturated carbocycles. The Morgan fingerprint density at radius 1 is 1.16 bits per heavy atom. The number of carbonyl (C=O) groups is 2. The van der Waals surface area contributed by atoms with Crippen LogP contribution >= 0.6 is 0 Å². The molecule has 2 nitrogen and oxygen atoms in total. The van der Waals surface area contributed by atoms with E-state index in [4.69, 9.17) is 0 Å². The fraction of sp³-hybridized carbons (Fsp3) is 0.500. The molecule has 3 heteroatoms. The third-order valence-electron chi connectivity index (χ3n) is 3.46. The van der Waals surface area contributed by atoms with Crippen molar-refractivity contribution < 1.29 is 14.0 Å². The zero-order valence-electron chi connectivity index (χ0n) is 12.2. The van der Waals surface area contributed by atoms with E-state index in [0.717, 1.165) is 0 Å². The number of ketones is 2. The minimum atomic E-state index is -0.411. The molecule has 0 fully saturated rings. The minimum Gasteiger partial charge on any atom is -0.294 e. The van der Waals surface area contributed by atoms with Crippen molar-refractivity contribution >= 4 is 11.6 Å². The van der Waals surface area contributed by atoms with Gasteiger partial charge in [0.05, 0.1) is 0 Å². The van der Waals surface area contributed by atoms with Gasteiger partial charge in [-0.2, -0.15) is 0 Å². The Hall–Kier alpha value is -1.51. The zero-order valence-corrected chi connectivity index (χ0v) is 12.2. The lowest BCUT2D eigenvalue weighted by atomic mass is 9.89. The van der Waals surface area contributed by atoms with Gasteiger partial charge in [0.15, 0.2) is 11.6 Å². The SMILES string of the molecule is CCC(C)C(=O)c1cc(F)c(C(C)C)cc1C(C)=O. The summed E-state index contributed by atoms with van der Waals surface area (Å²) in [5.74, 6) is -1.00. The molecule has 0 aliphatic rings. The first-order valence-electron chi connectivity index (χ1n) is 6.68. The van der Waals surface area contributed by atoms with Gasteiger partial charge in [-0.3, -0.25) is 9.59 Å². The zero-order chi connectivity index (χ0) is 14.7. The van der Waals surface area contributed by atoms with Crippen molar-refractivity contribution in [2.45, 2.75) is 47.0 Å². The van der Waals surface area contributed by atoms with Crippen molar-refractivity contribution in [3.8, 4) is 0 Å². The van der Waals surface area contributed by atoms with Crippen molar-refractivity contribution in [1.29, 1.82) is 0 Å². The first kappa shape index (κ1) is 15.5.